The van der Waals surface area contributed by atoms with E-state index in [2.05, 4.69) is 19.2 Å². The van der Waals surface area contributed by atoms with Crippen molar-refractivity contribution in [3.8, 4) is 5.75 Å². The molecule has 2 aromatic rings. The first-order valence-corrected chi connectivity index (χ1v) is 9.21. The summed E-state index contributed by atoms with van der Waals surface area (Å²) in [5.74, 6) is 1.91. The summed E-state index contributed by atoms with van der Waals surface area (Å²) in [6, 6.07) is 17.8. The quantitative estimate of drug-likeness (QED) is 0.849. The fraction of sp³-hybridized carbons (Fsp3) is 0.409. The number of carbonyl (C=O) groups is 1. The normalized spacial score (nSPS) is 23.0. The predicted octanol–water partition coefficient (Wildman–Crippen LogP) is 4.82. The van der Waals surface area contributed by atoms with Gasteiger partial charge in [0, 0.05) is 11.6 Å². The average Bonchev–Trinajstić information content (AvgIpc) is 2.65. The van der Waals surface area contributed by atoms with Gasteiger partial charge < -0.3 is 10.1 Å². The lowest BCUT2D eigenvalue weighted by atomic mass is 9.78. The van der Waals surface area contributed by atoms with Gasteiger partial charge in [-0.3, -0.25) is 4.79 Å². The molecule has 0 saturated heterocycles. The number of nitrogens with one attached hydrogen (secondary N) is 1. The molecule has 0 aliphatic heterocycles. The SMILES string of the molecule is C[C@H]1[C@@H](NC(=O)c2cccc(OCc3ccccc3)c2)CCC[C@@H]1C. The lowest BCUT2D eigenvalue weighted by Gasteiger charge is -2.34. The summed E-state index contributed by atoms with van der Waals surface area (Å²) in [7, 11) is 0. The fourth-order valence-corrected chi connectivity index (χ4v) is 3.51. The van der Waals surface area contributed by atoms with Gasteiger partial charge in [0.1, 0.15) is 12.4 Å². The first-order chi connectivity index (χ1) is 12.1. The minimum Gasteiger partial charge on any atom is -0.489 e. The summed E-state index contributed by atoms with van der Waals surface area (Å²) in [6.07, 6.45) is 3.52. The van der Waals surface area contributed by atoms with Gasteiger partial charge >= 0.3 is 0 Å². The van der Waals surface area contributed by atoms with Gasteiger partial charge in [-0.1, -0.05) is 63.1 Å². The van der Waals surface area contributed by atoms with E-state index in [9.17, 15) is 4.79 Å². The zero-order valence-corrected chi connectivity index (χ0v) is 15.1. The van der Waals surface area contributed by atoms with Crippen LogP contribution in [0.4, 0.5) is 0 Å². The van der Waals surface area contributed by atoms with E-state index >= 15 is 0 Å². The van der Waals surface area contributed by atoms with Crippen molar-refractivity contribution in [2.75, 3.05) is 0 Å². The van der Waals surface area contributed by atoms with E-state index in [1.807, 2.05) is 54.6 Å². The fourth-order valence-electron chi connectivity index (χ4n) is 3.51. The van der Waals surface area contributed by atoms with E-state index in [1.54, 1.807) is 0 Å². The number of hydrogen-bond donors (Lipinski definition) is 1. The summed E-state index contributed by atoms with van der Waals surface area (Å²) < 4.78 is 5.83. The number of amides is 1. The summed E-state index contributed by atoms with van der Waals surface area (Å²) in [5, 5.41) is 3.22. The highest BCUT2D eigenvalue weighted by Crippen LogP contribution is 2.29. The van der Waals surface area contributed by atoms with Gasteiger partial charge in [0.2, 0.25) is 0 Å². The molecule has 1 saturated carbocycles. The summed E-state index contributed by atoms with van der Waals surface area (Å²) in [6.45, 7) is 5.03. The van der Waals surface area contributed by atoms with Crippen LogP contribution in [-0.4, -0.2) is 11.9 Å². The largest absolute Gasteiger partial charge is 0.489 e. The van der Waals surface area contributed by atoms with Crippen LogP contribution in [0.1, 0.15) is 49.0 Å². The average molecular weight is 337 g/mol. The second kappa shape index (κ2) is 8.19. The minimum absolute atomic E-state index is 0.00360. The summed E-state index contributed by atoms with van der Waals surface area (Å²) >= 11 is 0. The van der Waals surface area contributed by atoms with Crippen LogP contribution < -0.4 is 10.1 Å². The molecule has 3 heteroatoms. The molecule has 1 fully saturated rings. The van der Waals surface area contributed by atoms with Crippen molar-refractivity contribution in [3.05, 3.63) is 65.7 Å². The van der Waals surface area contributed by atoms with Crippen molar-refractivity contribution in [1.29, 1.82) is 0 Å². The van der Waals surface area contributed by atoms with E-state index in [4.69, 9.17) is 4.74 Å². The van der Waals surface area contributed by atoms with Crippen molar-refractivity contribution in [2.45, 2.75) is 45.8 Å². The highest BCUT2D eigenvalue weighted by molar-refractivity contribution is 5.94. The Morgan fingerprint density at radius 1 is 1.08 bits per heavy atom. The molecule has 0 radical (unpaired) electrons. The molecule has 1 amide bonds. The molecule has 0 heterocycles. The second-order valence-electron chi connectivity index (χ2n) is 7.15. The Kier molecular flexibility index (Phi) is 5.75. The topological polar surface area (TPSA) is 38.3 Å². The van der Waals surface area contributed by atoms with E-state index in [0.717, 1.165) is 17.7 Å². The van der Waals surface area contributed by atoms with Crippen molar-refractivity contribution in [3.63, 3.8) is 0 Å². The number of rotatable bonds is 5. The summed E-state index contributed by atoms with van der Waals surface area (Å²) in [4.78, 5) is 12.6. The third-order valence-corrected chi connectivity index (χ3v) is 5.37. The molecule has 25 heavy (non-hydrogen) atoms. The van der Waals surface area contributed by atoms with E-state index in [0.29, 0.717) is 24.0 Å². The Morgan fingerprint density at radius 2 is 1.88 bits per heavy atom. The van der Waals surface area contributed by atoms with Crippen LogP contribution in [0.5, 0.6) is 5.75 Å². The van der Waals surface area contributed by atoms with Gasteiger partial charge in [-0.05, 0) is 42.0 Å². The Bertz CT molecular complexity index is 698. The van der Waals surface area contributed by atoms with Gasteiger partial charge in [0.05, 0.1) is 0 Å². The maximum Gasteiger partial charge on any atom is 0.251 e. The standard InChI is InChI=1S/C22H27NO2/c1-16-8-6-13-21(17(16)2)23-22(24)19-11-7-12-20(14-19)25-15-18-9-4-3-5-10-18/h3-5,7,9-12,14,16-17,21H,6,8,13,15H2,1-2H3,(H,23,24)/t16-,17+,21-/m0/s1. The molecule has 0 spiro atoms. The molecule has 132 valence electrons. The Hall–Kier alpha value is -2.29. The molecule has 0 bridgehead atoms. The van der Waals surface area contributed by atoms with Gasteiger partial charge in [-0.25, -0.2) is 0 Å². The van der Waals surface area contributed by atoms with Crippen molar-refractivity contribution >= 4 is 5.91 Å². The van der Waals surface area contributed by atoms with Crippen LogP contribution in [0.2, 0.25) is 0 Å². The molecule has 0 aromatic heterocycles. The highest BCUT2D eigenvalue weighted by atomic mass is 16.5. The number of ether oxygens (including phenoxy) is 1. The van der Waals surface area contributed by atoms with Gasteiger partial charge in [0.15, 0.2) is 0 Å². The minimum atomic E-state index is -0.00360. The lowest BCUT2D eigenvalue weighted by molar-refractivity contribution is 0.0890. The molecule has 2 aromatic carbocycles. The Labute approximate surface area is 150 Å². The lowest BCUT2D eigenvalue weighted by Crippen LogP contribution is -2.43. The molecule has 3 rings (SSSR count). The number of benzene rings is 2. The molecular formula is C22H27NO2. The van der Waals surface area contributed by atoms with Crippen LogP contribution in [0.15, 0.2) is 54.6 Å². The highest BCUT2D eigenvalue weighted by Gasteiger charge is 2.28. The Balaban J connectivity index is 1.61. The first-order valence-electron chi connectivity index (χ1n) is 9.21. The third kappa shape index (κ3) is 4.62. The van der Waals surface area contributed by atoms with Crippen LogP contribution >= 0.6 is 0 Å². The Morgan fingerprint density at radius 3 is 2.68 bits per heavy atom. The molecular weight excluding hydrogens is 310 g/mol. The predicted molar refractivity (Wildman–Crippen MR) is 101 cm³/mol. The van der Waals surface area contributed by atoms with Crippen molar-refractivity contribution in [1.82, 2.24) is 5.32 Å². The van der Waals surface area contributed by atoms with Gasteiger partial charge in [-0.2, -0.15) is 0 Å². The monoisotopic (exact) mass is 337 g/mol. The van der Waals surface area contributed by atoms with E-state index in [1.165, 1.54) is 12.8 Å². The van der Waals surface area contributed by atoms with Crippen molar-refractivity contribution < 1.29 is 9.53 Å². The zero-order chi connectivity index (χ0) is 17.6. The van der Waals surface area contributed by atoms with Gasteiger partial charge in [0.25, 0.3) is 5.91 Å². The molecule has 3 nitrogen and oxygen atoms in total. The maximum atomic E-state index is 12.6. The van der Waals surface area contributed by atoms with E-state index in [-0.39, 0.29) is 11.9 Å². The molecule has 1 aliphatic rings. The molecule has 1 aliphatic carbocycles. The first kappa shape index (κ1) is 17.5. The smallest absolute Gasteiger partial charge is 0.251 e. The van der Waals surface area contributed by atoms with Crippen LogP contribution in [0.25, 0.3) is 0 Å². The third-order valence-electron chi connectivity index (χ3n) is 5.37. The van der Waals surface area contributed by atoms with Crippen LogP contribution in [0, 0.1) is 11.8 Å². The number of hydrogen-bond acceptors (Lipinski definition) is 2. The van der Waals surface area contributed by atoms with Crippen LogP contribution in [0.3, 0.4) is 0 Å². The van der Waals surface area contributed by atoms with Crippen molar-refractivity contribution in [2.24, 2.45) is 11.8 Å². The molecule has 0 unspecified atom stereocenters. The maximum absolute atomic E-state index is 12.6. The zero-order valence-electron chi connectivity index (χ0n) is 15.1. The molecule has 3 atom stereocenters. The van der Waals surface area contributed by atoms with Gasteiger partial charge in [-0.15, -0.1) is 0 Å². The molecule has 1 N–H and O–H groups in total. The second-order valence-corrected chi connectivity index (χ2v) is 7.15. The van der Waals surface area contributed by atoms with E-state index < -0.39 is 0 Å². The number of carbonyl (C=O) groups excluding carboxylic acids is 1. The van der Waals surface area contributed by atoms with Crippen LogP contribution in [-0.2, 0) is 6.61 Å². The summed E-state index contributed by atoms with van der Waals surface area (Å²) in [5.41, 5.74) is 1.78.